The summed E-state index contributed by atoms with van der Waals surface area (Å²) in [7, 11) is 0. The lowest BCUT2D eigenvalue weighted by molar-refractivity contribution is 0.928. The van der Waals surface area contributed by atoms with Gasteiger partial charge in [-0.25, -0.2) is 15.8 Å². The molecule has 7 nitrogen and oxygen atoms in total. The number of hydrazine groups is 1. The summed E-state index contributed by atoms with van der Waals surface area (Å²) < 4.78 is 0. The molecule has 2 aromatic rings. The average molecular weight is 279 g/mol. The standard InChI is InChI=1S/C14H13N7/c15-6-8-21(9-7-16)13-10-12(20-17)18-14(19-13)11-4-2-1-3-5-11/h1-5,10H,8-9,17H2,(H,18,19,20). The van der Waals surface area contributed by atoms with E-state index >= 15 is 0 Å². The zero-order valence-corrected chi connectivity index (χ0v) is 11.2. The number of nitrogens with one attached hydrogen (secondary N) is 1. The number of hydrogen-bond acceptors (Lipinski definition) is 7. The highest BCUT2D eigenvalue weighted by molar-refractivity contribution is 5.61. The first-order valence-electron chi connectivity index (χ1n) is 6.18. The molecule has 3 N–H and O–H groups in total. The maximum Gasteiger partial charge on any atom is 0.163 e. The van der Waals surface area contributed by atoms with Gasteiger partial charge in [-0.2, -0.15) is 10.5 Å². The molecule has 0 radical (unpaired) electrons. The third-order valence-electron chi connectivity index (χ3n) is 2.74. The first-order chi connectivity index (χ1) is 10.3. The maximum atomic E-state index is 8.85. The van der Waals surface area contributed by atoms with Gasteiger partial charge < -0.3 is 10.3 Å². The molecular formula is C14H13N7. The maximum absolute atomic E-state index is 8.85. The molecular weight excluding hydrogens is 266 g/mol. The van der Waals surface area contributed by atoms with Crippen LogP contribution >= 0.6 is 0 Å². The number of hydrogen-bond donors (Lipinski definition) is 2. The van der Waals surface area contributed by atoms with Crippen molar-refractivity contribution in [2.24, 2.45) is 5.84 Å². The lowest BCUT2D eigenvalue weighted by atomic mass is 10.2. The minimum atomic E-state index is 0.0583. The fraction of sp³-hybridized carbons (Fsp3) is 0.143. The van der Waals surface area contributed by atoms with Gasteiger partial charge in [0, 0.05) is 11.6 Å². The molecule has 21 heavy (non-hydrogen) atoms. The summed E-state index contributed by atoms with van der Waals surface area (Å²) in [6, 6.07) is 15.0. The fourth-order valence-corrected chi connectivity index (χ4v) is 1.78. The molecule has 0 aliphatic carbocycles. The summed E-state index contributed by atoms with van der Waals surface area (Å²) in [5.41, 5.74) is 3.30. The van der Waals surface area contributed by atoms with E-state index in [1.165, 1.54) is 0 Å². The van der Waals surface area contributed by atoms with Crippen LogP contribution in [-0.2, 0) is 0 Å². The Labute approximate surface area is 122 Å². The number of nitrogen functional groups attached to an aromatic ring is 1. The highest BCUT2D eigenvalue weighted by atomic mass is 15.3. The predicted molar refractivity (Wildman–Crippen MR) is 78.7 cm³/mol. The Hall–Kier alpha value is -3.16. The third-order valence-corrected chi connectivity index (χ3v) is 2.74. The van der Waals surface area contributed by atoms with Crippen LogP contribution in [-0.4, -0.2) is 23.1 Å². The minimum absolute atomic E-state index is 0.0583. The quantitative estimate of drug-likeness (QED) is 0.481. The van der Waals surface area contributed by atoms with E-state index in [1.54, 1.807) is 11.0 Å². The number of rotatable bonds is 5. The highest BCUT2D eigenvalue weighted by Crippen LogP contribution is 2.21. The summed E-state index contributed by atoms with van der Waals surface area (Å²) >= 11 is 0. The number of anilines is 2. The number of aromatic nitrogens is 2. The molecule has 0 aliphatic heterocycles. The predicted octanol–water partition coefficient (Wildman–Crippen LogP) is 1.28. The van der Waals surface area contributed by atoms with E-state index in [9.17, 15) is 0 Å². The van der Waals surface area contributed by atoms with E-state index in [0.717, 1.165) is 5.56 Å². The van der Waals surface area contributed by atoms with Gasteiger partial charge in [0.2, 0.25) is 0 Å². The zero-order valence-electron chi connectivity index (χ0n) is 11.2. The molecule has 2 rings (SSSR count). The van der Waals surface area contributed by atoms with Crippen molar-refractivity contribution in [3.05, 3.63) is 36.4 Å². The van der Waals surface area contributed by atoms with Gasteiger partial charge in [-0.3, -0.25) is 0 Å². The summed E-state index contributed by atoms with van der Waals surface area (Å²) in [6.45, 7) is 0.117. The van der Waals surface area contributed by atoms with Crippen molar-refractivity contribution in [2.75, 3.05) is 23.4 Å². The Balaban J connectivity index is 2.47. The van der Waals surface area contributed by atoms with Crippen molar-refractivity contribution in [1.82, 2.24) is 9.97 Å². The Bertz CT molecular complexity index is 669. The van der Waals surface area contributed by atoms with E-state index < -0.39 is 0 Å². The van der Waals surface area contributed by atoms with Gasteiger partial charge in [-0.1, -0.05) is 30.3 Å². The normalized spacial score (nSPS) is 9.48. The van der Waals surface area contributed by atoms with Gasteiger partial charge >= 0.3 is 0 Å². The van der Waals surface area contributed by atoms with Crippen molar-refractivity contribution in [2.45, 2.75) is 0 Å². The largest absolute Gasteiger partial charge is 0.330 e. The highest BCUT2D eigenvalue weighted by Gasteiger charge is 2.12. The van der Waals surface area contributed by atoms with Crippen LogP contribution in [0.15, 0.2) is 36.4 Å². The molecule has 0 amide bonds. The number of nitriles is 2. The average Bonchev–Trinajstić information content (AvgIpc) is 2.55. The molecule has 0 aliphatic rings. The van der Waals surface area contributed by atoms with Crippen LogP contribution in [0.4, 0.5) is 11.6 Å². The van der Waals surface area contributed by atoms with Crippen molar-refractivity contribution in [3.8, 4) is 23.5 Å². The molecule has 0 spiro atoms. The third kappa shape index (κ3) is 3.44. The smallest absolute Gasteiger partial charge is 0.163 e. The van der Waals surface area contributed by atoms with Crippen LogP contribution in [0.1, 0.15) is 0 Å². The monoisotopic (exact) mass is 279 g/mol. The first kappa shape index (κ1) is 14.3. The molecule has 1 aromatic carbocycles. The summed E-state index contributed by atoms with van der Waals surface area (Å²) in [6.07, 6.45) is 0. The molecule has 0 unspecified atom stereocenters. The molecule has 104 valence electrons. The van der Waals surface area contributed by atoms with Crippen LogP contribution in [0.3, 0.4) is 0 Å². The van der Waals surface area contributed by atoms with Crippen molar-refractivity contribution >= 4 is 11.6 Å². The number of nitrogens with two attached hydrogens (primary N) is 1. The second-order valence-corrected chi connectivity index (χ2v) is 4.12. The Morgan fingerprint density at radius 1 is 1.10 bits per heavy atom. The summed E-state index contributed by atoms with van der Waals surface area (Å²) in [5.74, 6) is 6.79. The van der Waals surface area contributed by atoms with Crippen LogP contribution < -0.4 is 16.2 Å². The SMILES string of the molecule is N#CCN(CC#N)c1cc(NN)nc(-c2ccccc2)n1. The summed E-state index contributed by atoms with van der Waals surface area (Å²) in [5, 5.41) is 17.7. The number of nitrogens with zero attached hydrogens (tertiary/aromatic N) is 5. The molecule has 0 saturated carbocycles. The van der Waals surface area contributed by atoms with E-state index in [1.807, 2.05) is 42.5 Å². The first-order valence-corrected chi connectivity index (χ1v) is 6.18. The molecule has 0 fully saturated rings. The molecule has 0 saturated heterocycles. The topological polar surface area (TPSA) is 115 Å². The van der Waals surface area contributed by atoms with E-state index in [2.05, 4.69) is 15.4 Å². The zero-order chi connectivity index (χ0) is 15.1. The van der Waals surface area contributed by atoms with E-state index in [4.69, 9.17) is 16.4 Å². The second-order valence-electron chi connectivity index (χ2n) is 4.12. The van der Waals surface area contributed by atoms with Gasteiger partial charge in [0.1, 0.15) is 24.7 Å². The Morgan fingerprint density at radius 3 is 2.33 bits per heavy atom. The number of benzene rings is 1. The Kier molecular flexibility index (Phi) is 4.65. The van der Waals surface area contributed by atoms with E-state index in [-0.39, 0.29) is 13.1 Å². The molecule has 0 atom stereocenters. The lowest BCUT2D eigenvalue weighted by Gasteiger charge is -2.18. The van der Waals surface area contributed by atoms with Gasteiger partial charge in [0.25, 0.3) is 0 Å². The Morgan fingerprint density at radius 2 is 1.76 bits per heavy atom. The van der Waals surface area contributed by atoms with E-state index in [0.29, 0.717) is 17.5 Å². The molecule has 1 aromatic heterocycles. The van der Waals surface area contributed by atoms with Gasteiger partial charge in [-0.05, 0) is 0 Å². The van der Waals surface area contributed by atoms with Gasteiger partial charge in [0.05, 0.1) is 12.1 Å². The molecule has 0 bridgehead atoms. The van der Waals surface area contributed by atoms with Crippen LogP contribution in [0.5, 0.6) is 0 Å². The lowest BCUT2D eigenvalue weighted by Crippen LogP contribution is -2.25. The minimum Gasteiger partial charge on any atom is -0.330 e. The van der Waals surface area contributed by atoms with Crippen LogP contribution in [0.2, 0.25) is 0 Å². The molecule has 1 heterocycles. The van der Waals surface area contributed by atoms with Crippen LogP contribution in [0, 0.1) is 22.7 Å². The fourth-order valence-electron chi connectivity index (χ4n) is 1.78. The summed E-state index contributed by atoms with van der Waals surface area (Å²) in [4.78, 5) is 10.2. The van der Waals surface area contributed by atoms with Crippen molar-refractivity contribution in [3.63, 3.8) is 0 Å². The molecule has 7 heteroatoms. The van der Waals surface area contributed by atoms with Crippen molar-refractivity contribution < 1.29 is 0 Å². The van der Waals surface area contributed by atoms with Gasteiger partial charge in [-0.15, -0.1) is 0 Å². The van der Waals surface area contributed by atoms with Crippen molar-refractivity contribution in [1.29, 1.82) is 10.5 Å². The second kappa shape index (κ2) is 6.85. The van der Waals surface area contributed by atoms with Crippen LogP contribution in [0.25, 0.3) is 11.4 Å². The van der Waals surface area contributed by atoms with Gasteiger partial charge in [0.15, 0.2) is 5.82 Å².